The third kappa shape index (κ3) is 2.36. The fraction of sp³-hybridized carbons (Fsp3) is 0.538. The lowest BCUT2D eigenvalue weighted by Gasteiger charge is -2.39. The Bertz CT molecular complexity index is 435. The van der Waals surface area contributed by atoms with Crippen LogP contribution in [0.3, 0.4) is 0 Å². The monoisotopic (exact) mass is 261 g/mol. The quantitative estimate of drug-likeness (QED) is 0.811. The molecule has 0 unspecified atom stereocenters. The van der Waals surface area contributed by atoms with Crippen molar-refractivity contribution in [2.45, 2.75) is 37.0 Å². The molecule has 0 saturated heterocycles. The standard InChI is InChI=1S/C13H15F4N/c14-10-2-1-9(7-11(10)15)12(8-18)3-5-13(16,17)6-4-12/h1-2,7H,3-6,8,18H2. The van der Waals surface area contributed by atoms with Crippen molar-refractivity contribution in [3.05, 3.63) is 35.4 Å². The van der Waals surface area contributed by atoms with Gasteiger partial charge in [0.05, 0.1) is 0 Å². The molecule has 2 N–H and O–H groups in total. The molecule has 1 aromatic carbocycles. The Labute approximate surface area is 103 Å². The van der Waals surface area contributed by atoms with E-state index in [2.05, 4.69) is 0 Å². The summed E-state index contributed by atoms with van der Waals surface area (Å²) in [6, 6.07) is 3.54. The molecule has 100 valence electrons. The van der Waals surface area contributed by atoms with E-state index >= 15 is 0 Å². The number of benzene rings is 1. The van der Waals surface area contributed by atoms with Gasteiger partial charge in [-0.1, -0.05) is 6.07 Å². The van der Waals surface area contributed by atoms with Gasteiger partial charge in [-0.25, -0.2) is 17.6 Å². The lowest BCUT2D eigenvalue weighted by Crippen LogP contribution is -2.42. The van der Waals surface area contributed by atoms with Crippen molar-refractivity contribution in [3.8, 4) is 0 Å². The highest BCUT2D eigenvalue weighted by molar-refractivity contribution is 5.28. The van der Waals surface area contributed by atoms with Crippen molar-refractivity contribution in [1.29, 1.82) is 0 Å². The number of alkyl halides is 2. The summed E-state index contributed by atoms with van der Waals surface area (Å²) in [5.41, 5.74) is 5.54. The van der Waals surface area contributed by atoms with Crippen LogP contribution in [0.2, 0.25) is 0 Å². The first-order chi connectivity index (χ1) is 8.38. The van der Waals surface area contributed by atoms with Gasteiger partial charge in [-0.3, -0.25) is 0 Å². The molecule has 1 nitrogen and oxygen atoms in total. The lowest BCUT2D eigenvalue weighted by atomic mass is 9.68. The number of hydrogen-bond donors (Lipinski definition) is 1. The molecule has 0 bridgehead atoms. The van der Waals surface area contributed by atoms with Crippen LogP contribution < -0.4 is 5.73 Å². The minimum Gasteiger partial charge on any atom is -0.330 e. The van der Waals surface area contributed by atoms with E-state index in [1.165, 1.54) is 6.07 Å². The SMILES string of the molecule is NCC1(c2ccc(F)c(F)c2)CCC(F)(F)CC1. The van der Waals surface area contributed by atoms with E-state index < -0.39 is 23.0 Å². The maximum Gasteiger partial charge on any atom is 0.248 e. The fourth-order valence-corrected chi connectivity index (χ4v) is 2.53. The lowest BCUT2D eigenvalue weighted by molar-refractivity contribution is -0.0509. The zero-order valence-electron chi connectivity index (χ0n) is 9.86. The zero-order chi connectivity index (χ0) is 13.4. The summed E-state index contributed by atoms with van der Waals surface area (Å²) in [7, 11) is 0. The van der Waals surface area contributed by atoms with Crippen molar-refractivity contribution in [2.75, 3.05) is 6.54 Å². The minimum atomic E-state index is -2.67. The molecule has 0 amide bonds. The summed E-state index contributed by atoms with van der Waals surface area (Å²) in [6.45, 7) is 0.161. The summed E-state index contributed by atoms with van der Waals surface area (Å²) >= 11 is 0. The van der Waals surface area contributed by atoms with E-state index in [-0.39, 0.29) is 32.2 Å². The summed E-state index contributed by atoms with van der Waals surface area (Å²) in [5, 5.41) is 0. The Balaban J connectivity index is 2.30. The van der Waals surface area contributed by atoms with Crippen LogP contribution in [0, 0.1) is 11.6 Å². The molecule has 0 heterocycles. The van der Waals surface area contributed by atoms with E-state index in [0.29, 0.717) is 5.56 Å². The highest BCUT2D eigenvalue weighted by Crippen LogP contribution is 2.45. The second-order valence-corrected chi connectivity index (χ2v) is 4.97. The van der Waals surface area contributed by atoms with Crippen LogP contribution in [0.1, 0.15) is 31.2 Å². The number of rotatable bonds is 2. The summed E-state index contributed by atoms with van der Waals surface area (Å²) < 4.78 is 52.5. The molecule has 0 aliphatic heterocycles. The van der Waals surface area contributed by atoms with Gasteiger partial charge in [0, 0.05) is 24.8 Å². The average Bonchev–Trinajstić information content (AvgIpc) is 2.34. The molecule has 1 aromatic rings. The van der Waals surface area contributed by atoms with Crippen molar-refractivity contribution in [1.82, 2.24) is 0 Å². The summed E-state index contributed by atoms with van der Waals surface area (Å²) in [6.07, 6.45) is -0.129. The van der Waals surface area contributed by atoms with Gasteiger partial charge in [0.15, 0.2) is 11.6 Å². The van der Waals surface area contributed by atoms with Gasteiger partial charge in [-0.05, 0) is 30.5 Å². The summed E-state index contributed by atoms with van der Waals surface area (Å²) in [4.78, 5) is 0. The Morgan fingerprint density at radius 3 is 2.11 bits per heavy atom. The predicted octanol–water partition coefficient (Wildman–Crippen LogP) is 3.37. The van der Waals surface area contributed by atoms with Crippen LogP contribution in [0.4, 0.5) is 17.6 Å². The molecule has 2 rings (SSSR count). The molecule has 1 saturated carbocycles. The highest BCUT2D eigenvalue weighted by atomic mass is 19.3. The molecule has 1 fully saturated rings. The number of nitrogens with two attached hydrogens (primary N) is 1. The van der Waals surface area contributed by atoms with Crippen LogP contribution in [-0.2, 0) is 5.41 Å². The van der Waals surface area contributed by atoms with Crippen molar-refractivity contribution < 1.29 is 17.6 Å². The first-order valence-electron chi connectivity index (χ1n) is 5.92. The molecule has 1 aliphatic carbocycles. The van der Waals surface area contributed by atoms with Crippen molar-refractivity contribution >= 4 is 0 Å². The Morgan fingerprint density at radius 2 is 1.61 bits per heavy atom. The Kier molecular flexibility index (Phi) is 3.36. The van der Waals surface area contributed by atoms with Crippen LogP contribution in [0.25, 0.3) is 0 Å². The smallest absolute Gasteiger partial charge is 0.248 e. The normalized spacial score (nSPS) is 21.8. The molecule has 0 radical (unpaired) electrons. The summed E-state index contributed by atoms with van der Waals surface area (Å²) in [5.74, 6) is -4.57. The van der Waals surface area contributed by atoms with Crippen LogP contribution >= 0.6 is 0 Å². The molecule has 1 aliphatic rings. The van der Waals surface area contributed by atoms with Gasteiger partial charge in [0.25, 0.3) is 0 Å². The fourth-order valence-electron chi connectivity index (χ4n) is 2.53. The molecule has 0 spiro atoms. The third-order valence-electron chi connectivity index (χ3n) is 3.86. The van der Waals surface area contributed by atoms with E-state index in [1.54, 1.807) is 0 Å². The third-order valence-corrected chi connectivity index (χ3v) is 3.86. The average molecular weight is 261 g/mol. The Morgan fingerprint density at radius 1 is 1.00 bits per heavy atom. The van der Waals surface area contributed by atoms with Gasteiger partial charge in [-0.2, -0.15) is 0 Å². The molecular formula is C13H15F4N. The van der Waals surface area contributed by atoms with Gasteiger partial charge in [0.1, 0.15) is 0 Å². The van der Waals surface area contributed by atoms with Crippen molar-refractivity contribution in [3.63, 3.8) is 0 Å². The van der Waals surface area contributed by atoms with Gasteiger partial charge < -0.3 is 5.73 Å². The molecule has 0 atom stereocenters. The molecule has 5 heteroatoms. The maximum absolute atomic E-state index is 13.2. The second kappa shape index (κ2) is 4.53. The van der Waals surface area contributed by atoms with E-state index in [4.69, 9.17) is 5.73 Å². The highest BCUT2D eigenvalue weighted by Gasteiger charge is 2.43. The number of halogens is 4. The van der Waals surface area contributed by atoms with Crippen LogP contribution in [0.15, 0.2) is 18.2 Å². The van der Waals surface area contributed by atoms with E-state index in [9.17, 15) is 17.6 Å². The second-order valence-electron chi connectivity index (χ2n) is 4.97. The first kappa shape index (κ1) is 13.3. The number of hydrogen-bond acceptors (Lipinski definition) is 1. The Hall–Kier alpha value is -1.10. The van der Waals surface area contributed by atoms with Crippen molar-refractivity contribution in [2.24, 2.45) is 5.73 Å². The van der Waals surface area contributed by atoms with Gasteiger partial charge in [-0.15, -0.1) is 0 Å². The minimum absolute atomic E-state index is 0.161. The maximum atomic E-state index is 13.2. The van der Waals surface area contributed by atoms with Crippen LogP contribution in [-0.4, -0.2) is 12.5 Å². The zero-order valence-corrected chi connectivity index (χ0v) is 9.86. The molecule has 18 heavy (non-hydrogen) atoms. The molecular weight excluding hydrogens is 246 g/mol. The predicted molar refractivity (Wildman–Crippen MR) is 60.5 cm³/mol. The van der Waals surface area contributed by atoms with E-state index in [0.717, 1.165) is 12.1 Å². The van der Waals surface area contributed by atoms with E-state index in [1.807, 2.05) is 0 Å². The van der Waals surface area contributed by atoms with Gasteiger partial charge in [0.2, 0.25) is 5.92 Å². The topological polar surface area (TPSA) is 26.0 Å². The first-order valence-corrected chi connectivity index (χ1v) is 5.92. The van der Waals surface area contributed by atoms with Gasteiger partial charge >= 0.3 is 0 Å². The van der Waals surface area contributed by atoms with Crippen LogP contribution in [0.5, 0.6) is 0 Å². The largest absolute Gasteiger partial charge is 0.330 e. The molecule has 0 aromatic heterocycles.